The molecule has 1 heterocycles. The van der Waals surface area contributed by atoms with Crippen molar-refractivity contribution in [1.29, 1.82) is 0 Å². The standard InChI is InChI=1S/C36H59N9O9/c1-21(2)18-29(36(53)54)45-35(52)28(19-22-11-13-23(46)14-12-22)44-34(51)27-10-7-17-40-30(47)20-24(39)31(48)41-25(8-3-5-15-37)32(49)42-26(33(50)43-27)9-4-6-16-38/h11-14,21,24-29,46H,3-10,15-20,37-39H2,1-2H3,(H,40,47)(H,41,48)(H,42,49)(H,43,50)(H,44,51)(H,45,52)(H,53,54)/t24-,25-,26-,27-,28-,29-/m0/s1. The Balaban J connectivity index is 2.45. The molecule has 1 aliphatic rings. The third-order valence-corrected chi connectivity index (χ3v) is 8.86. The van der Waals surface area contributed by atoms with Crippen molar-refractivity contribution in [2.45, 2.75) is 121 Å². The summed E-state index contributed by atoms with van der Waals surface area (Å²) in [6.45, 7) is 4.34. The summed E-state index contributed by atoms with van der Waals surface area (Å²) in [5.41, 5.74) is 17.9. The number of amides is 6. The molecular formula is C36H59N9O9. The number of carboxylic acids is 1. The number of nitrogens with two attached hydrogens (primary N) is 3. The zero-order valence-corrected chi connectivity index (χ0v) is 31.2. The number of phenolic OH excluding ortho intramolecular Hbond substituents is 1. The number of hydrogen-bond donors (Lipinski definition) is 11. The number of benzene rings is 1. The molecule has 54 heavy (non-hydrogen) atoms. The normalized spacial score (nSPS) is 21.5. The van der Waals surface area contributed by atoms with Crippen molar-refractivity contribution in [3.63, 3.8) is 0 Å². The molecule has 0 spiro atoms. The quantitative estimate of drug-likeness (QED) is 0.0798. The number of unbranched alkanes of at least 4 members (excludes halogenated alkanes) is 2. The van der Waals surface area contributed by atoms with Gasteiger partial charge in [-0.2, -0.15) is 0 Å². The molecule has 0 unspecified atom stereocenters. The van der Waals surface area contributed by atoms with E-state index < -0.39 is 77.7 Å². The number of aromatic hydroxyl groups is 1. The van der Waals surface area contributed by atoms with E-state index in [0.29, 0.717) is 44.3 Å². The first-order valence-electron chi connectivity index (χ1n) is 18.6. The number of hydrogen-bond acceptors (Lipinski definition) is 11. The summed E-state index contributed by atoms with van der Waals surface area (Å²) in [5.74, 6) is -5.52. The first kappa shape index (κ1) is 45.3. The highest BCUT2D eigenvalue weighted by atomic mass is 16.4. The van der Waals surface area contributed by atoms with Gasteiger partial charge in [0.05, 0.1) is 12.5 Å². The van der Waals surface area contributed by atoms with Crippen molar-refractivity contribution in [2.24, 2.45) is 23.1 Å². The highest BCUT2D eigenvalue weighted by Gasteiger charge is 2.33. The summed E-state index contributed by atoms with van der Waals surface area (Å²) < 4.78 is 0. The number of rotatable bonds is 17. The molecule has 6 amide bonds. The molecule has 18 nitrogen and oxygen atoms in total. The van der Waals surface area contributed by atoms with Crippen LogP contribution in [0.3, 0.4) is 0 Å². The molecule has 0 bridgehead atoms. The van der Waals surface area contributed by atoms with E-state index in [2.05, 4.69) is 31.9 Å². The minimum Gasteiger partial charge on any atom is -0.508 e. The van der Waals surface area contributed by atoms with E-state index >= 15 is 0 Å². The second kappa shape index (κ2) is 23.8. The SMILES string of the molecule is CC(C)C[C@H](NC(=O)[C@H](Cc1ccc(O)cc1)NC(=O)[C@@H]1CCCNC(=O)C[C@H](N)C(=O)N[C@@H](CCCCN)C(=O)N[C@@H](CCCCN)C(=O)N1)C(=O)O. The molecule has 0 aromatic heterocycles. The van der Waals surface area contributed by atoms with E-state index in [4.69, 9.17) is 17.2 Å². The Labute approximate surface area is 315 Å². The fourth-order valence-electron chi connectivity index (χ4n) is 5.83. The molecule has 1 aromatic carbocycles. The maximum Gasteiger partial charge on any atom is 0.326 e. The lowest BCUT2D eigenvalue weighted by Crippen LogP contribution is -2.59. The van der Waals surface area contributed by atoms with E-state index in [1.807, 2.05) is 0 Å². The minimum atomic E-state index is -1.30. The van der Waals surface area contributed by atoms with E-state index in [1.165, 1.54) is 12.1 Å². The summed E-state index contributed by atoms with van der Waals surface area (Å²) in [6.07, 6.45) is 2.18. The van der Waals surface area contributed by atoms with E-state index in [0.717, 1.165) is 0 Å². The lowest BCUT2D eigenvalue weighted by atomic mass is 10.0. The molecule has 2 rings (SSSR count). The van der Waals surface area contributed by atoms with Crippen molar-refractivity contribution in [1.82, 2.24) is 31.9 Å². The Kier molecular flexibility index (Phi) is 20.0. The molecule has 14 N–H and O–H groups in total. The van der Waals surface area contributed by atoms with Gasteiger partial charge in [0.1, 0.15) is 36.0 Å². The summed E-state index contributed by atoms with van der Waals surface area (Å²) in [5, 5.41) is 35.3. The monoisotopic (exact) mass is 761 g/mol. The highest BCUT2D eigenvalue weighted by molar-refractivity contribution is 5.97. The van der Waals surface area contributed by atoms with Gasteiger partial charge in [-0.1, -0.05) is 26.0 Å². The molecule has 1 aliphatic heterocycles. The molecule has 1 fully saturated rings. The molecule has 18 heteroatoms. The summed E-state index contributed by atoms with van der Waals surface area (Å²) in [7, 11) is 0. The topological polar surface area (TPSA) is 310 Å². The molecule has 0 saturated carbocycles. The van der Waals surface area contributed by atoms with Crippen molar-refractivity contribution >= 4 is 41.4 Å². The predicted octanol–water partition coefficient (Wildman–Crippen LogP) is -1.63. The van der Waals surface area contributed by atoms with Crippen LogP contribution >= 0.6 is 0 Å². The maximum atomic E-state index is 14.0. The lowest BCUT2D eigenvalue weighted by Gasteiger charge is -2.28. The third kappa shape index (κ3) is 16.5. The number of carbonyl (C=O) groups excluding carboxylic acids is 6. The molecular weight excluding hydrogens is 702 g/mol. The average Bonchev–Trinajstić information content (AvgIpc) is 3.11. The smallest absolute Gasteiger partial charge is 0.326 e. The second-order valence-electron chi connectivity index (χ2n) is 14.0. The molecule has 0 radical (unpaired) electrons. The van der Waals surface area contributed by atoms with Crippen LogP contribution in [0.2, 0.25) is 0 Å². The van der Waals surface area contributed by atoms with Gasteiger partial charge in [-0.25, -0.2) is 4.79 Å². The average molecular weight is 762 g/mol. The Hall–Kier alpha value is -4.81. The molecule has 1 aromatic rings. The zero-order chi connectivity index (χ0) is 40.2. The number of carbonyl (C=O) groups is 7. The van der Waals surface area contributed by atoms with Crippen LogP contribution < -0.4 is 49.1 Å². The molecule has 302 valence electrons. The number of aliphatic carboxylic acids is 1. The van der Waals surface area contributed by atoms with Crippen LogP contribution in [0.4, 0.5) is 0 Å². The highest BCUT2D eigenvalue weighted by Crippen LogP contribution is 2.14. The van der Waals surface area contributed by atoms with Crippen LogP contribution in [0.1, 0.15) is 83.6 Å². The second-order valence-corrected chi connectivity index (χ2v) is 14.0. The molecule has 6 atom stereocenters. The summed E-state index contributed by atoms with van der Waals surface area (Å²) >= 11 is 0. The molecule has 1 saturated heterocycles. The number of phenols is 1. The first-order chi connectivity index (χ1) is 25.6. The van der Waals surface area contributed by atoms with Crippen molar-refractivity contribution in [3.05, 3.63) is 29.8 Å². The van der Waals surface area contributed by atoms with Crippen LogP contribution in [0.15, 0.2) is 24.3 Å². The fraction of sp³-hybridized carbons (Fsp3) is 0.639. The Morgan fingerprint density at radius 2 is 1.41 bits per heavy atom. The number of carboxylic acid groups (broad SMARTS) is 1. The van der Waals surface area contributed by atoms with Gasteiger partial charge >= 0.3 is 5.97 Å². The van der Waals surface area contributed by atoms with Gasteiger partial charge in [-0.05, 0) is 94.5 Å². The third-order valence-electron chi connectivity index (χ3n) is 8.86. The maximum absolute atomic E-state index is 14.0. The van der Waals surface area contributed by atoms with Crippen molar-refractivity contribution in [3.8, 4) is 5.75 Å². The van der Waals surface area contributed by atoms with Crippen molar-refractivity contribution < 1.29 is 43.8 Å². The van der Waals surface area contributed by atoms with Gasteiger partial charge in [-0.15, -0.1) is 0 Å². The van der Waals surface area contributed by atoms with Gasteiger partial charge in [0.15, 0.2) is 0 Å². The van der Waals surface area contributed by atoms with Gasteiger partial charge in [0.25, 0.3) is 0 Å². The summed E-state index contributed by atoms with van der Waals surface area (Å²) in [6, 6.07) is -1.39. The van der Waals surface area contributed by atoms with Crippen LogP contribution in [0.25, 0.3) is 0 Å². The predicted molar refractivity (Wildman–Crippen MR) is 199 cm³/mol. The van der Waals surface area contributed by atoms with Crippen LogP contribution in [-0.2, 0) is 40.0 Å². The fourth-order valence-corrected chi connectivity index (χ4v) is 5.83. The zero-order valence-electron chi connectivity index (χ0n) is 31.2. The Bertz CT molecular complexity index is 1410. The van der Waals surface area contributed by atoms with Crippen molar-refractivity contribution in [2.75, 3.05) is 19.6 Å². The largest absolute Gasteiger partial charge is 0.508 e. The van der Waals surface area contributed by atoms with E-state index in [1.54, 1.807) is 26.0 Å². The van der Waals surface area contributed by atoms with E-state index in [-0.39, 0.29) is 63.2 Å². The Morgan fingerprint density at radius 3 is 1.96 bits per heavy atom. The van der Waals surface area contributed by atoms with Gasteiger partial charge < -0.3 is 59.3 Å². The van der Waals surface area contributed by atoms with Crippen LogP contribution in [0, 0.1) is 5.92 Å². The minimum absolute atomic E-state index is 0.0196. The first-order valence-corrected chi connectivity index (χ1v) is 18.6. The van der Waals surface area contributed by atoms with Gasteiger partial charge in [0, 0.05) is 13.0 Å². The van der Waals surface area contributed by atoms with Gasteiger partial charge in [0.2, 0.25) is 35.4 Å². The number of nitrogens with one attached hydrogen (secondary N) is 6. The lowest BCUT2D eigenvalue weighted by molar-refractivity contribution is -0.142. The summed E-state index contributed by atoms with van der Waals surface area (Å²) in [4.78, 5) is 92.5. The van der Waals surface area contributed by atoms with E-state index in [9.17, 15) is 43.8 Å². The van der Waals surface area contributed by atoms with Crippen LogP contribution in [0.5, 0.6) is 5.75 Å². The van der Waals surface area contributed by atoms with Gasteiger partial charge in [-0.3, -0.25) is 28.8 Å². The Morgan fingerprint density at radius 1 is 0.833 bits per heavy atom. The molecule has 0 aliphatic carbocycles. The van der Waals surface area contributed by atoms with Crippen LogP contribution in [-0.4, -0.2) is 108 Å².